The summed E-state index contributed by atoms with van der Waals surface area (Å²) in [6.07, 6.45) is -7.34. The van der Waals surface area contributed by atoms with Crippen molar-refractivity contribution in [3.05, 3.63) is 75.6 Å². The molecule has 9 heteroatoms. The fourth-order valence-electron chi connectivity index (χ4n) is 2.46. The molecule has 1 heterocycles. The smallest absolute Gasteiger partial charge is 0.290 e. The largest absolute Gasteiger partial charge is 0.417 e. The minimum absolute atomic E-state index is 0.245. The Morgan fingerprint density at radius 3 is 2.26 bits per heavy atom. The summed E-state index contributed by atoms with van der Waals surface area (Å²) < 4.78 is 81.2. The molecule has 0 aliphatic carbocycles. The van der Waals surface area contributed by atoms with E-state index < -0.39 is 51.5 Å². The van der Waals surface area contributed by atoms with Crippen LogP contribution in [0.4, 0.5) is 26.3 Å². The number of benzene rings is 2. The molecule has 1 unspecified atom stereocenters. The van der Waals surface area contributed by atoms with Gasteiger partial charge >= 0.3 is 6.18 Å². The van der Waals surface area contributed by atoms with Crippen molar-refractivity contribution in [2.75, 3.05) is 0 Å². The van der Waals surface area contributed by atoms with Gasteiger partial charge in [0, 0.05) is 10.9 Å². The summed E-state index contributed by atoms with van der Waals surface area (Å²) in [4.78, 5) is 15.9. The van der Waals surface area contributed by atoms with Crippen molar-refractivity contribution < 1.29 is 31.1 Å². The predicted molar refractivity (Wildman–Crippen MR) is 87.1 cm³/mol. The van der Waals surface area contributed by atoms with E-state index in [0.29, 0.717) is 17.4 Å². The number of hydrogen-bond donors (Lipinski definition) is 0. The van der Waals surface area contributed by atoms with E-state index in [-0.39, 0.29) is 5.69 Å². The molecule has 0 aliphatic heterocycles. The van der Waals surface area contributed by atoms with Crippen LogP contribution in [0.2, 0.25) is 0 Å². The van der Waals surface area contributed by atoms with E-state index in [1.54, 1.807) is 0 Å². The average molecular weight is 401 g/mol. The van der Waals surface area contributed by atoms with Crippen molar-refractivity contribution in [3.63, 3.8) is 0 Å². The van der Waals surface area contributed by atoms with Gasteiger partial charge in [-0.2, -0.15) is 13.2 Å². The number of halogens is 6. The molecule has 0 spiro atoms. The van der Waals surface area contributed by atoms with Crippen molar-refractivity contribution in [2.24, 2.45) is 0 Å². The maximum Gasteiger partial charge on any atom is 0.417 e. The normalized spacial score (nSPS) is 12.8. The summed E-state index contributed by atoms with van der Waals surface area (Å²) in [6.45, 7) is 0. The molecular weight excluding hydrogens is 392 g/mol. The first kappa shape index (κ1) is 19.1. The van der Waals surface area contributed by atoms with Gasteiger partial charge in [-0.1, -0.05) is 24.3 Å². The first-order chi connectivity index (χ1) is 12.7. The van der Waals surface area contributed by atoms with Gasteiger partial charge in [-0.3, -0.25) is 4.79 Å². The van der Waals surface area contributed by atoms with Crippen LogP contribution in [0.3, 0.4) is 0 Å². The highest BCUT2D eigenvalue weighted by Crippen LogP contribution is 2.36. The van der Waals surface area contributed by atoms with Gasteiger partial charge in [0.2, 0.25) is 12.0 Å². The number of ketones is 1. The van der Waals surface area contributed by atoms with Crippen molar-refractivity contribution >= 4 is 17.1 Å². The van der Waals surface area contributed by atoms with Crippen molar-refractivity contribution in [3.8, 4) is 11.3 Å². The average Bonchev–Trinajstić information content (AvgIpc) is 3.09. The van der Waals surface area contributed by atoms with E-state index in [1.807, 2.05) is 0 Å². The van der Waals surface area contributed by atoms with Crippen LogP contribution >= 0.6 is 11.3 Å². The Bertz CT molecular complexity index is 977. The van der Waals surface area contributed by atoms with Crippen LogP contribution in [0.1, 0.15) is 27.1 Å². The lowest BCUT2D eigenvalue weighted by atomic mass is 10.0. The van der Waals surface area contributed by atoms with Gasteiger partial charge in [0.15, 0.2) is 0 Å². The number of hydrogen-bond acceptors (Lipinski definition) is 3. The van der Waals surface area contributed by atoms with Crippen molar-refractivity contribution in [2.45, 2.75) is 12.3 Å². The SMILES string of the molecule is O=C(c1ccccc1C(F)(F)F)C(F)c1nc(-c2c(F)cccc2F)cs1. The second-order valence-corrected chi connectivity index (χ2v) is 6.33. The Morgan fingerprint density at radius 1 is 1.00 bits per heavy atom. The number of alkyl halides is 4. The van der Waals surface area contributed by atoms with Gasteiger partial charge in [-0.25, -0.2) is 18.2 Å². The van der Waals surface area contributed by atoms with E-state index in [4.69, 9.17) is 0 Å². The molecule has 0 saturated carbocycles. The van der Waals surface area contributed by atoms with Crippen LogP contribution in [0.15, 0.2) is 47.8 Å². The minimum atomic E-state index is -4.84. The summed E-state index contributed by atoms with van der Waals surface area (Å²) in [5, 5.41) is 0.640. The third-order valence-electron chi connectivity index (χ3n) is 3.69. The first-order valence-corrected chi connectivity index (χ1v) is 8.32. The number of nitrogens with zero attached hydrogens (tertiary/aromatic N) is 1. The molecule has 1 atom stereocenters. The minimum Gasteiger partial charge on any atom is -0.290 e. The van der Waals surface area contributed by atoms with E-state index in [0.717, 1.165) is 35.7 Å². The highest BCUT2D eigenvalue weighted by Gasteiger charge is 2.37. The lowest BCUT2D eigenvalue weighted by Gasteiger charge is -2.12. The fraction of sp³-hybridized carbons (Fsp3) is 0.111. The molecule has 27 heavy (non-hydrogen) atoms. The van der Waals surface area contributed by atoms with Crippen molar-refractivity contribution in [1.29, 1.82) is 0 Å². The van der Waals surface area contributed by atoms with Crippen LogP contribution in [0, 0.1) is 11.6 Å². The Kier molecular flexibility index (Phi) is 5.05. The molecule has 0 saturated heterocycles. The quantitative estimate of drug-likeness (QED) is 0.396. The van der Waals surface area contributed by atoms with Gasteiger partial charge in [-0.15, -0.1) is 11.3 Å². The van der Waals surface area contributed by atoms with Crippen LogP contribution in [0.5, 0.6) is 0 Å². The summed E-state index contributed by atoms with van der Waals surface area (Å²) >= 11 is 0.585. The molecule has 0 radical (unpaired) electrons. The summed E-state index contributed by atoms with van der Waals surface area (Å²) in [5.74, 6) is -3.30. The molecule has 0 fully saturated rings. The van der Waals surface area contributed by atoms with Crippen LogP contribution in [0.25, 0.3) is 11.3 Å². The molecule has 0 N–H and O–H groups in total. The maximum atomic E-state index is 14.6. The van der Waals surface area contributed by atoms with Crippen LogP contribution in [-0.4, -0.2) is 10.8 Å². The molecule has 1 aromatic heterocycles. The zero-order valence-corrected chi connectivity index (χ0v) is 14.0. The van der Waals surface area contributed by atoms with E-state index in [1.165, 1.54) is 6.07 Å². The van der Waals surface area contributed by atoms with E-state index in [2.05, 4.69) is 4.98 Å². The molecule has 3 aromatic rings. The Hall–Kier alpha value is -2.68. The van der Waals surface area contributed by atoms with E-state index >= 15 is 0 Å². The predicted octanol–water partition coefficient (Wildman–Crippen LogP) is 6.00. The van der Waals surface area contributed by atoms with Gasteiger partial charge in [0.05, 0.1) is 16.8 Å². The number of carbonyl (C=O) groups is 1. The Morgan fingerprint density at radius 2 is 1.63 bits per heavy atom. The zero-order valence-electron chi connectivity index (χ0n) is 13.2. The molecule has 140 valence electrons. The third kappa shape index (κ3) is 3.73. The second-order valence-electron chi connectivity index (χ2n) is 5.44. The van der Waals surface area contributed by atoms with Crippen LogP contribution < -0.4 is 0 Å². The number of thiazole rings is 1. The highest BCUT2D eigenvalue weighted by molar-refractivity contribution is 7.10. The van der Waals surface area contributed by atoms with Crippen molar-refractivity contribution in [1.82, 2.24) is 4.98 Å². The monoisotopic (exact) mass is 401 g/mol. The summed E-state index contributed by atoms with van der Waals surface area (Å²) in [7, 11) is 0. The summed E-state index contributed by atoms with van der Waals surface area (Å²) in [5.41, 5.74) is -2.86. The third-order valence-corrected chi connectivity index (χ3v) is 4.57. The van der Waals surface area contributed by atoms with Gasteiger partial charge in [-0.05, 0) is 18.2 Å². The lowest BCUT2D eigenvalue weighted by Crippen LogP contribution is -2.16. The second kappa shape index (κ2) is 7.15. The number of carbonyl (C=O) groups excluding carboxylic acids is 1. The molecule has 0 aliphatic rings. The maximum absolute atomic E-state index is 14.6. The number of Topliss-reactive ketones (excluding diaryl/α,β-unsaturated/α-hetero) is 1. The topological polar surface area (TPSA) is 30.0 Å². The lowest BCUT2D eigenvalue weighted by molar-refractivity contribution is -0.137. The highest BCUT2D eigenvalue weighted by atomic mass is 32.1. The Labute approximate surface area is 153 Å². The molecule has 0 amide bonds. The van der Waals surface area contributed by atoms with Gasteiger partial charge in [0.1, 0.15) is 16.6 Å². The fourth-order valence-corrected chi connectivity index (χ4v) is 3.24. The van der Waals surface area contributed by atoms with Crippen LogP contribution in [-0.2, 0) is 6.18 Å². The van der Waals surface area contributed by atoms with Gasteiger partial charge < -0.3 is 0 Å². The molecule has 3 rings (SSSR count). The van der Waals surface area contributed by atoms with Gasteiger partial charge in [0.25, 0.3) is 0 Å². The molecular formula is C18H9F6NOS. The first-order valence-electron chi connectivity index (χ1n) is 7.44. The summed E-state index contributed by atoms with van der Waals surface area (Å²) in [6, 6.07) is 6.89. The molecule has 2 nitrogen and oxygen atoms in total. The molecule has 0 bridgehead atoms. The molecule has 2 aromatic carbocycles. The number of aromatic nitrogens is 1. The zero-order chi connectivity index (χ0) is 19.8. The van der Waals surface area contributed by atoms with E-state index in [9.17, 15) is 31.1 Å². The number of rotatable bonds is 4. The standard InChI is InChI=1S/C18H9F6NOS/c19-11-6-3-7-12(20)14(11)13-8-27-17(25-13)15(21)16(26)9-4-1-2-5-10(9)18(22,23)24/h1-8,15H. The Balaban J connectivity index is 1.96.